The molecule has 2 rings (SSSR count). The van der Waals surface area contributed by atoms with Crippen molar-refractivity contribution in [1.29, 1.82) is 0 Å². The van der Waals surface area contributed by atoms with E-state index in [0.29, 0.717) is 5.69 Å². The molecule has 112 valence electrons. The third kappa shape index (κ3) is 4.56. The van der Waals surface area contributed by atoms with Gasteiger partial charge in [-0.05, 0) is 65.1 Å². The third-order valence-corrected chi connectivity index (χ3v) is 4.80. The molecular weight excluding hydrogens is 350 g/mol. The van der Waals surface area contributed by atoms with Crippen LogP contribution in [0.5, 0.6) is 0 Å². The van der Waals surface area contributed by atoms with Crippen LogP contribution in [0.4, 0.5) is 11.4 Å². The van der Waals surface area contributed by atoms with E-state index in [9.17, 15) is 4.79 Å². The minimum absolute atomic E-state index is 0.0441. The van der Waals surface area contributed by atoms with E-state index in [0.717, 1.165) is 16.0 Å². The number of likely N-dealkylation sites (N-methyl/N-ethyl adjacent to an activating group) is 1. The van der Waals surface area contributed by atoms with E-state index in [4.69, 9.17) is 5.73 Å². The van der Waals surface area contributed by atoms with Crippen molar-refractivity contribution >= 4 is 44.5 Å². The van der Waals surface area contributed by atoms with E-state index >= 15 is 0 Å². The summed E-state index contributed by atoms with van der Waals surface area (Å²) in [6.45, 7) is 2.62. The summed E-state index contributed by atoms with van der Waals surface area (Å²) in [6.07, 6.45) is 0. The summed E-state index contributed by atoms with van der Waals surface area (Å²) in [4.78, 5) is 14.3. The van der Waals surface area contributed by atoms with Crippen molar-refractivity contribution in [2.75, 3.05) is 18.1 Å². The average Bonchev–Trinajstić information content (AvgIpc) is 2.83. The van der Waals surface area contributed by atoms with Crippen molar-refractivity contribution in [3.8, 4) is 0 Å². The van der Waals surface area contributed by atoms with Gasteiger partial charge < -0.3 is 11.1 Å². The maximum absolute atomic E-state index is 12.3. The highest BCUT2D eigenvalue weighted by molar-refractivity contribution is 9.11. The molecule has 1 amide bonds. The largest absolute Gasteiger partial charge is 0.399 e. The Balaban J connectivity index is 1.95. The molecule has 0 saturated carbocycles. The predicted octanol–water partition coefficient (Wildman–Crippen LogP) is 3.55. The number of nitrogen functional groups attached to an aromatic ring is 1. The Morgan fingerprint density at radius 2 is 2.24 bits per heavy atom. The number of nitrogens with one attached hydrogen (secondary N) is 1. The molecule has 0 radical (unpaired) electrons. The molecule has 1 heterocycles. The Bertz CT molecular complexity index is 629. The van der Waals surface area contributed by atoms with Crippen molar-refractivity contribution in [2.24, 2.45) is 0 Å². The van der Waals surface area contributed by atoms with Gasteiger partial charge in [-0.3, -0.25) is 9.69 Å². The molecule has 1 aromatic carbocycles. The van der Waals surface area contributed by atoms with Gasteiger partial charge in [0.05, 0.1) is 9.83 Å². The van der Waals surface area contributed by atoms with Crippen LogP contribution in [0.2, 0.25) is 0 Å². The number of rotatable bonds is 5. The molecule has 0 saturated heterocycles. The average molecular weight is 368 g/mol. The highest BCUT2D eigenvalue weighted by Crippen LogP contribution is 2.22. The van der Waals surface area contributed by atoms with Gasteiger partial charge in [-0.25, -0.2) is 0 Å². The molecule has 1 aromatic heterocycles. The lowest BCUT2D eigenvalue weighted by Gasteiger charge is -2.23. The standard InChI is InChI=1S/C15H18BrN3OS/c1-10(19(2)8-11-6-14(16)21-9-11)15(20)18-13-5-3-4-12(17)7-13/h3-7,9-10H,8,17H2,1-2H3,(H,18,20). The number of carbonyl (C=O) groups excluding carboxylic acids is 1. The Hall–Kier alpha value is -1.37. The molecule has 0 aliphatic rings. The molecule has 0 aliphatic carbocycles. The molecule has 0 fully saturated rings. The number of nitrogens with two attached hydrogens (primary N) is 1. The first kappa shape index (κ1) is 16.0. The van der Waals surface area contributed by atoms with Gasteiger partial charge in [0, 0.05) is 17.9 Å². The minimum atomic E-state index is -0.231. The summed E-state index contributed by atoms with van der Waals surface area (Å²) >= 11 is 5.09. The van der Waals surface area contributed by atoms with Crippen molar-refractivity contribution in [1.82, 2.24) is 4.90 Å². The number of thiophene rings is 1. The van der Waals surface area contributed by atoms with Gasteiger partial charge in [0.15, 0.2) is 0 Å². The monoisotopic (exact) mass is 367 g/mol. The normalized spacial score (nSPS) is 12.4. The summed E-state index contributed by atoms with van der Waals surface area (Å²) in [5, 5.41) is 4.97. The zero-order valence-electron chi connectivity index (χ0n) is 12.0. The van der Waals surface area contributed by atoms with E-state index in [-0.39, 0.29) is 11.9 Å². The summed E-state index contributed by atoms with van der Waals surface area (Å²) in [7, 11) is 1.94. The smallest absolute Gasteiger partial charge is 0.241 e. The highest BCUT2D eigenvalue weighted by atomic mass is 79.9. The van der Waals surface area contributed by atoms with E-state index in [1.807, 2.05) is 31.0 Å². The van der Waals surface area contributed by atoms with Crippen LogP contribution in [-0.2, 0) is 11.3 Å². The summed E-state index contributed by atoms with van der Waals surface area (Å²) in [5.41, 5.74) is 8.26. The third-order valence-electron chi connectivity index (χ3n) is 3.25. The Kier molecular flexibility index (Phi) is 5.39. The molecule has 6 heteroatoms. The number of halogens is 1. The Morgan fingerprint density at radius 1 is 1.48 bits per heavy atom. The molecule has 2 aromatic rings. The first-order valence-electron chi connectivity index (χ1n) is 6.55. The second-order valence-electron chi connectivity index (χ2n) is 4.96. The Labute approximate surface area is 137 Å². The van der Waals surface area contributed by atoms with Gasteiger partial charge in [0.1, 0.15) is 0 Å². The van der Waals surface area contributed by atoms with Crippen LogP contribution < -0.4 is 11.1 Å². The fourth-order valence-corrected chi connectivity index (χ4v) is 3.12. The van der Waals surface area contributed by atoms with Crippen molar-refractivity contribution in [2.45, 2.75) is 19.5 Å². The summed E-state index contributed by atoms with van der Waals surface area (Å²) in [5.74, 6) is -0.0441. The lowest BCUT2D eigenvalue weighted by molar-refractivity contribution is -0.120. The van der Waals surface area contributed by atoms with Crippen LogP contribution in [0.3, 0.4) is 0 Å². The second kappa shape index (κ2) is 7.06. The minimum Gasteiger partial charge on any atom is -0.399 e. The predicted molar refractivity (Wildman–Crippen MR) is 92.4 cm³/mol. The van der Waals surface area contributed by atoms with Crippen LogP contribution in [0, 0.1) is 0 Å². The van der Waals surface area contributed by atoms with Crippen LogP contribution in [-0.4, -0.2) is 23.9 Å². The number of anilines is 2. The summed E-state index contributed by atoms with van der Waals surface area (Å²) in [6, 6.07) is 9.04. The van der Waals surface area contributed by atoms with Gasteiger partial charge in [-0.15, -0.1) is 11.3 Å². The van der Waals surface area contributed by atoms with E-state index in [1.165, 1.54) is 5.56 Å². The molecule has 1 atom stereocenters. The van der Waals surface area contributed by atoms with Crippen LogP contribution in [0.1, 0.15) is 12.5 Å². The second-order valence-corrected chi connectivity index (χ2v) is 7.26. The summed E-state index contributed by atoms with van der Waals surface area (Å²) < 4.78 is 1.10. The van der Waals surface area contributed by atoms with Crippen molar-refractivity contribution < 1.29 is 4.79 Å². The number of benzene rings is 1. The quantitative estimate of drug-likeness (QED) is 0.794. The van der Waals surface area contributed by atoms with E-state index in [2.05, 4.69) is 32.7 Å². The van der Waals surface area contributed by atoms with Crippen molar-refractivity contribution in [3.05, 3.63) is 45.1 Å². The molecular formula is C15H18BrN3OS. The number of amides is 1. The fourth-order valence-electron chi connectivity index (χ4n) is 1.92. The number of hydrogen-bond donors (Lipinski definition) is 2. The topological polar surface area (TPSA) is 58.4 Å². The van der Waals surface area contributed by atoms with E-state index in [1.54, 1.807) is 23.5 Å². The van der Waals surface area contributed by atoms with Gasteiger partial charge in [-0.1, -0.05) is 6.07 Å². The first-order chi connectivity index (χ1) is 9.95. The first-order valence-corrected chi connectivity index (χ1v) is 8.22. The number of hydrogen-bond acceptors (Lipinski definition) is 4. The molecule has 0 bridgehead atoms. The molecule has 21 heavy (non-hydrogen) atoms. The van der Waals surface area contributed by atoms with E-state index < -0.39 is 0 Å². The van der Waals surface area contributed by atoms with Crippen LogP contribution in [0.25, 0.3) is 0 Å². The van der Waals surface area contributed by atoms with Gasteiger partial charge >= 0.3 is 0 Å². The molecule has 3 N–H and O–H groups in total. The lowest BCUT2D eigenvalue weighted by atomic mass is 10.2. The fraction of sp³-hybridized carbons (Fsp3) is 0.267. The highest BCUT2D eigenvalue weighted by Gasteiger charge is 2.18. The lowest BCUT2D eigenvalue weighted by Crippen LogP contribution is -2.39. The SMILES string of the molecule is CC(C(=O)Nc1cccc(N)c1)N(C)Cc1csc(Br)c1. The van der Waals surface area contributed by atoms with Gasteiger partial charge in [0.25, 0.3) is 0 Å². The van der Waals surface area contributed by atoms with Crippen LogP contribution >= 0.6 is 27.3 Å². The Morgan fingerprint density at radius 3 is 2.86 bits per heavy atom. The van der Waals surface area contributed by atoms with Gasteiger partial charge in [0.2, 0.25) is 5.91 Å². The molecule has 1 unspecified atom stereocenters. The van der Waals surface area contributed by atoms with Gasteiger partial charge in [-0.2, -0.15) is 0 Å². The number of nitrogens with zero attached hydrogens (tertiary/aromatic N) is 1. The van der Waals surface area contributed by atoms with Crippen LogP contribution in [0.15, 0.2) is 39.5 Å². The zero-order valence-corrected chi connectivity index (χ0v) is 14.4. The molecule has 4 nitrogen and oxygen atoms in total. The number of carbonyl (C=O) groups is 1. The molecule has 0 aliphatic heterocycles. The zero-order chi connectivity index (χ0) is 15.4. The maximum atomic E-state index is 12.3. The maximum Gasteiger partial charge on any atom is 0.241 e. The van der Waals surface area contributed by atoms with Crippen molar-refractivity contribution in [3.63, 3.8) is 0 Å². The molecule has 0 spiro atoms.